The molecule has 174 valence electrons. The third kappa shape index (κ3) is 4.62. The molecule has 8 heteroatoms. The van der Waals surface area contributed by atoms with Crippen LogP contribution in [0.2, 0.25) is 0 Å². The standard InChI is InChI=1S/C27H21N3O3S2/c1-17-10-12-19(13-11-17)16-30-26(32)22(35-27(30)34)15-20-24(33-21-8-4-3-7-18(21)2)28-23-9-5-6-14-29(23)25(20)31/h3-15H,16H2,1-2H3. The summed E-state index contributed by atoms with van der Waals surface area (Å²) in [5, 5.41) is 0. The molecule has 2 aromatic heterocycles. The minimum absolute atomic E-state index is 0.138. The van der Waals surface area contributed by atoms with Crippen LogP contribution in [-0.4, -0.2) is 24.5 Å². The van der Waals surface area contributed by atoms with Crippen LogP contribution >= 0.6 is 24.0 Å². The van der Waals surface area contributed by atoms with E-state index in [9.17, 15) is 9.59 Å². The predicted molar refractivity (Wildman–Crippen MR) is 143 cm³/mol. The maximum absolute atomic E-state index is 13.4. The van der Waals surface area contributed by atoms with Gasteiger partial charge in [-0.15, -0.1) is 0 Å². The van der Waals surface area contributed by atoms with Crippen molar-refractivity contribution in [3.05, 3.63) is 110 Å². The summed E-state index contributed by atoms with van der Waals surface area (Å²) < 4.78 is 7.98. The molecule has 0 unspecified atom stereocenters. The smallest absolute Gasteiger partial charge is 0.269 e. The molecule has 1 aliphatic heterocycles. The topological polar surface area (TPSA) is 63.9 Å². The molecule has 35 heavy (non-hydrogen) atoms. The van der Waals surface area contributed by atoms with Crippen LogP contribution in [0.4, 0.5) is 0 Å². The van der Waals surface area contributed by atoms with E-state index in [1.807, 2.05) is 62.4 Å². The second-order valence-electron chi connectivity index (χ2n) is 8.19. The van der Waals surface area contributed by atoms with E-state index in [4.69, 9.17) is 17.0 Å². The van der Waals surface area contributed by atoms with Crippen LogP contribution in [0, 0.1) is 13.8 Å². The third-order valence-corrected chi connectivity index (χ3v) is 7.02. The number of carbonyl (C=O) groups excluding carboxylic acids is 1. The van der Waals surface area contributed by atoms with Crippen molar-refractivity contribution in [2.45, 2.75) is 20.4 Å². The summed E-state index contributed by atoms with van der Waals surface area (Å²) >= 11 is 6.67. The number of pyridine rings is 1. The number of rotatable bonds is 5. The summed E-state index contributed by atoms with van der Waals surface area (Å²) in [6.07, 6.45) is 3.18. The first-order chi connectivity index (χ1) is 16.9. The summed E-state index contributed by atoms with van der Waals surface area (Å²) in [6.45, 7) is 4.29. The molecule has 0 bridgehead atoms. The summed E-state index contributed by atoms with van der Waals surface area (Å²) in [5.41, 5.74) is 3.33. The number of thiocarbonyl (C=S) groups is 1. The van der Waals surface area contributed by atoms with Gasteiger partial charge in [0.25, 0.3) is 11.5 Å². The van der Waals surface area contributed by atoms with E-state index < -0.39 is 0 Å². The van der Waals surface area contributed by atoms with Gasteiger partial charge in [0.05, 0.1) is 11.4 Å². The molecule has 4 aromatic rings. The summed E-state index contributed by atoms with van der Waals surface area (Å²) in [7, 11) is 0. The van der Waals surface area contributed by atoms with Crippen molar-refractivity contribution >= 4 is 45.9 Å². The first-order valence-electron chi connectivity index (χ1n) is 11.0. The molecule has 6 nitrogen and oxygen atoms in total. The molecule has 0 saturated carbocycles. The molecule has 3 heterocycles. The van der Waals surface area contributed by atoms with Gasteiger partial charge in [-0.05, 0) is 49.2 Å². The van der Waals surface area contributed by atoms with Crippen LogP contribution in [0.3, 0.4) is 0 Å². The number of hydrogen-bond acceptors (Lipinski definition) is 6. The highest BCUT2D eigenvalue weighted by Crippen LogP contribution is 2.35. The second kappa shape index (κ2) is 9.48. The Labute approximate surface area is 211 Å². The molecule has 1 fully saturated rings. The lowest BCUT2D eigenvalue weighted by atomic mass is 10.1. The molecule has 1 saturated heterocycles. The van der Waals surface area contributed by atoms with Crippen molar-refractivity contribution in [3.8, 4) is 11.6 Å². The van der Waals surface area contributed by atoms with Crippen LogP contribution in [0.1, 0.15) is 22.3 Å². The van der Waals surface area contributed by atoms with Gasteiger partial charge in [-0.3, -0.25) is 18.9 Å². The zero-order valence-corrected chi connectivity index (χ0v) is 20.7. The molecule has 0 aliphatic carbocycles. The first-order valence-corrected chi connectivity index (χ1v) is 12.2. The lowest BCUT2D eigenvalue weighted by Crippen LogP contribution is -2.27. The first kappa shape index (κ1) is 23.0. The third-order valence-electron chi connectivity index (χ3n) is 5.64. The average molecular weight is 500 g/mol. The highest BCUT2D eigenvalue weighted by atomic mass is 32.2. The lowest BCUT2D eigenvalue weighted by Gasteiger charge is -2.14. The number of para-hydroxylation sites is 1. The quantitative estimate of drug-likeness (QED) is 0.267. The number of ether oxygens (including phenoxy) is 1. The Hall–Kier alpha value is -3.75. The fourth-order valence-corrected chi connectivity index (χ4v) is 4.94. The number of fused-ring (bicyclic) bond motifs is 1. The number of aryl methyl sites for hydroxylation is 2. The largest absolute Gasteiger partial charge is 0.438 e. The van der Waals surface area contributed by atoms with E-state index in [1.165, 1.54) is 22.2 Å². The minimum atomic E-state index is -0.331. The van der Waals surface area contributed by atoms with E-state index in [2.05, 4.69) is 4.98 Å². The molecule has 5 rings (SSSR count). The van der Waals surface area contributed by atoms with Gasteiger partial charge in [-0.25, -0.2) is 0 Å². The van der Waals surface area contributed by atoms with Crippen LogP contribution in [-0.2, 0) is 11.3 Å². The lowest BCUT2D eigenvalue weighted by molar-refractivity contribution is -0.122. The van der Waals surface area contributed by atoms with E-state index >= 15 is 0 Å². The maximum Gasteiger partial charge on any atom is 0.269 e. The van der Waals surface area contributed by atoms with Crippen LogP contribution in [0.15, 0.2) is 82.6 Å². The summed E-state index contributed by atoms with van der Waals surface area (Å²) in [4.78, 5) is 33.2. The Bertz CT molecular complexity index is 1560. The normalized spacial score (nSPS) is 14.8. The highest BCUT2D eigenvalue weighted by molar-refractivity contribution is 8.26. The van der Waals surface area contributed by atoms with E-state index in [0.717, 1.165) is 16.7 Å². The molecule has 0 radical (unpaired) electrons. The van der Waals surface area contributed by atoms with Gasteiger partial charge in [-0.2, -0.15) is 4.98 Å². The zero-order valence-electron chi connectivity index (χ0n) is 19.1. The molecule has 1 amide bonds. The zero-order chi connectivity index (χ0) is 24.5. The van der Waals surface area contributed by atoms with Gasteiger partial charge in [0.1, 0.15) is 21.3 Å². The van der Waals surface area contributed by atoms with E-state index in [0.29, 0.717) is 27.2 Å². The molecule has 0 spiro atoms. The summed E-state index contributed by atoms with van der Waals surface area (Å²) in [6, 6.07) is 20.7. The Kier molecular flexibility index (Phi) is 6.23. The highest BCUT2D eigenvalue weighted by Gasteiger charge is 2.33. The van der Waals surface area contributed by atoms with Gasteiger partial charge in [0.15, 0.2) is 0 Å². The molecule has 2 aromatic carbocycles. The Morgan fingerprint density at radius 1 is 1.00 bits per heavy atom. The van der Waals surface area contributed by atoms with E-state index in [-0.39, 0.29) is 22.9 Å². The Morgan fingerprint density at radius 2 is 1.74 bits per heavy atom. The van der Waals surface area contributed by atoms with Gasteiger partial charge in [-0.1, -0.05) is 78.1 Å². The average Bonchev–Trinajstić information content (AvgIpc) is 3.11. The molecular weight excluding hydrogens is 478 g/mol. The number of hydrogen-bond donors (Lipinski definition) is 0. The SMILES string of the molecule is Cc1ccc(CN2C(=O)C(=Cc3c(Oc4ccccc4C)nc4ccccn4c3=O)SC2=S)cc1. The minimum Gasteiger partial charge on any atom is -0.438 e. The number of carbonyl (C=O) groups is 1. The number of benzene rings is 2. The summed E-state index contributed by atoms with van der Waals surface area (Å²) in [5.74, 6) is 0.473. The van der Waals surface area contributed by atoms with Crippen LogP contribution < -0.4 is 10.3 Å². The van der Waals surface area contributed by atoms with Crippen LogP contribution in [0.25, 0.3) is 11.7 Å². The van der Waals surface area contributed by atoms with Crippen LogP contribution in [0.5, 0.6) is 11.6 Å². The molecular formula is C27H21N3O3S2. The van der Waals surface area contributed by atoms with Gasteiger partial charge >= 0.3 is 0 Å². The molecule has 0 N–H and O–H groups in total. The van der Waals surface area contributed by atoms with Gasteiger partial charge in [0.2, 0.25) is 5.88 Å². The van der Waals surface area contributed by atoms with Crippen molar-refractivity contribution < 1.29 is 9.53 Å². The number of thioether (sulfide) groups is 1. The fourth-order valence-electron chi connectivity index (χ4n) is 3.70. The second-order valence-corrected chi connectivity index (χ2v) is 9.86. The maximum atomic E-state index is 13.4. The Balaban J connectivity index is 1.56. The number of nitrogens with zero attached hydrogens (tertiary/aromatic N) is 3. The van der Waals surface area contributed by atoms with Crippen molar-refractivity contribution in [1.82, 2.24) is 14.3 Å². The van der Waals surface area contributed by atoms with Crippen molar-refractivity contribution in [1.29, 1.82) is 0 Å². The fraction of sp³-hybridized carbons (Fsp3) is 0.111. The monoisotopic (exact) mass is 499 g/mol. The van der Waals surface area contributed by atoms with Gasteiger partial charge < -0.3 is 4.74 Å². The van der Waals surface area contributed by atoms with Gasteiger partial charge in [0, 0.05) is 6.20 Å². The number of amides is 1. The van der Waals surface area contributed by atoms with Crippen molar-refractivity contribution in [2.24, 2.45) is 0 Å². The molecule has 1 aliphatic rings. The number of aromatic nitrogens is 2. The van der Waals surface area contributed by atoms with E-state index in [1.54, 1.807) is 29.3 Å². The van der Waals surface area contributed by atoms with Crippen molar-refractivity contribution in [2.75, 3.05) is 0 Å². The molecule has 0 atom stereocenters. The Morgan fingerprint density at radius 3 is 2.51 bits per heavy atom. The van der Waals surface area contributed by atoms with Crippen molar-refractivity contribution in [3.63, 3.8) is 0 Å². The predicted octanol–water partition coefficient (Wildman–Crippen LogP) is 5.51.